The molecule has 0 atom stereocenters. The van der Waals surface area contributed by atoms with E-state index in [1.54, 1.807) is 31.2 Å². The Morgan fingerprint density at radius 2 is 1.71 bits per heavy atom. The van der Waals surface area contributed by atoms with Crippen molar-refractivity contribution in [2.24, 2.45) is 0 Å². The summed E-state index contributed by atoms with van der Waals surface area (Å²) in [5, 5.41) is 5.56. The molecule has 3 rings (SSSR count). The van der Waals surface area contributed by atoms with Crippen LogP contribution in [0.2, 0.25) is 0 Å². The Labute approximate surface area is 160 Å². The maximum atomic E-state index is 12.9. The molecule has 0 aliphatic carbocycles. The summed E-state index contributed by atoms with van der Waals surface area (Å²) in [5.74, 6) is -1.05. The third-order valence-corrected chi connectivity index (χ3v) is 3.69. The third kappa shape index (κ3) is 4.67. The van der Waals surface area contributed by atoms with Gasteiger partial charge in [0.05, 0.1) is 23.4 Å². The van der Waals surface area contributed by atoms with Gasteiger partial charge in [-0.3, -0.25) is 4.79 Å². The van der Waals surface area contributed by atoms with Gasteiger partial charge in [0, 0.05) is 18.1 Å². The second-order valence-electron chi connectivity index (χ2n) is 5.65. The molecule has 0 fully saturated rings. The van der Waals surface area contributed by atoms with Gasteiger partial charge in [0.15, 0.2) is 0 Å². The van der Waals surface area contributed by atoms with Gasteiger partial charge in [-0.2, -0.15) is 0 Å². The summed E-state index contributed by atoms with van der Waals surface area (Å²) < 4.78 is 17.9. The molecule has 3 aromatic rings. The summed E-state index contributed by atoms with van der Waals surface area (Å²) >= 11 is 0. The molecule has 0 radical (unpaired) electrons. The predicted octanol–water partition coefficient (Wildman–Crippen LogP) is 3.79. The van der Waals surface area contributed by atoms with Crippen molar-refractivity contribution in [3.05, 3.63) is 77.9 Å². The van der Waals surface area contributed by atoms with Crippen molar-refractivity contribution in [2.45, 2.75) is 6.92 Å². The summed E-state index contributed by atoms with van der Waals surface area (Å²) in [5.41, 5.74) is 1.53. The SMILES string of the molecule is CCOC(=O)c1ccccc1Nc1ncc(C(=O)Nc2ccc(F)cc2)cn1. The molecule has 0 bridgehead atoms. The Morgan fingerprint density at radius 1 is 1.04 bits per heavy atom. The molecule has 1 aromatic heterocycles. The number of rotatable bonds is 6. The molecule has 1 amide bonds. The van der Waals surface area contributed by atoms with Crippen molar-refractivity contribution in [2.75, 3.05) is 17.2 Å². The fraction of sp³-hybridized carbons (Fsp3) is 0.100. The van der Waals surface area contributed by atoms with Gasteiger partial charge in [-0.1, -0.05) is 12.1 Å². The van der Waals surface area contributed by atoms with Crippen molar-refractivity contribution >= 4 is 29.2 Å². The average Bonchev–Trinajstić information content (AvgIpc) is 2.71. The number of benzene rings is 2. The number of aromatic nitrogens is 2. The fourth-order valence-electron chi connectivity index (χ4n) is 2.35. The lowest BCUT2D eigenvalue weighted by Crippen LogP contribution is -2.13. The smallest absolute Gasteiger partial charge is 0.340 e. The molecule has 28 heavy (non-hydrogen) atoms. The van der Waals surface area contributed by atoms with E-state index >= 15 is 0 Å². The molecule has 0 saturated heterocycles. The van der Waals surface area contributed by atoms with Crippen LogP contribution < -0.4 is 10.6 Å². The first-order chi connectivity index (χ1) is 13.6. The van der Waals surface area contributed by atoms with Crippen molar-refractivity contribution < 1.29 is 18.7 Å². The lowest BCUT2D eigenvalue weighted by atomic mass is 10.2. The monoisotopic (exact) mass is 380 g/mol. The van der Waals surface area contributed by atoms with Crippen LogP contribution >= 0.6 is 0 Å². The van der Waals surface area contributed by atoms with E-state index < -0.39 is 11.9 Å². The Kier molecular flexibility index (Phi) is 5.91. The van der Waals surface area contributed by atoms with E-state index in [2.05, 4.69) is 20.6 Å². The van der Waals surface area contributed by atoms with E-state index in [0.29, 0.717) is 16.9 Å². The van der Waals surface area contributed by atoms with E-state index in [1.807, 2.05) is 0 Å². The molecule has 2 aromatic carbocycles. The van der Waals surface area contributed by atoms with Gasteiger partial charge in [0.25, 0.3) is 5.91 Å². The van der Waals surface area contributed by atoms with E-state index in [0.717, 1.165) is 0 Å². The van der Waals surface area contributed by atoms with Gasteiger partial charge in [-0.25, -0.2) is 19.2 Å². The first kappa shape index (κ1) is 19.0. The quantitative estimate of drug-likeness (QED) is 0.632. The number of nitrogens with zero attached hydrogens (tertiary/aromatic N) is 2. The van der Waals surface area contributed by atoms with Crippen LogP contribution in [-0.4, -0.2) is 28.5 Å². The number of hydrogen-bond acceptors (Lipinski definition) is 6. The number of ether oxygens (including phenoxy) is 1. The number of para-hydroxylation sites is 1. The van der Waals surface area contributed by atoms with Crippen LogP contribution in [0, 0.1) is 5.82 Å². The van der Waals surface area contributed by atoms with Gasteiger partial charge in [-0.05, 0) is 43.3 Å². The van der Waals surface area contributed by atoms with Gasteiger partial charge in [-0.15, -0.1) is 0 Å². The molecular formula is C20H17FN4O3. The number of halogens is 1. The summed E-state index contributed by atoms with van der Waals surface area (Å²) in [6, 6.07) is 12.2. The number of carbonyl (C=O) groups excluding carboxylic acids is 2. The lowest BCUT2D eigenvalue weighted by molar-refractivity contribution is 0.0527. The van der Waals surface area contributed by atoms with E-state index in [9.17, 15) is 14.0 Å². The van der Waals surface area contributed by atoms with E-state index in [-0.39, 0.29) is 23.9 Å². The molecule has 7 nitrogen and oxygen atoms in total. The minimum Gasteiger partial charge on any atom is -0.462 e. The Balaban J connectivity index is 1.70. The summed E-state index contributed by atoms with van der Waals surface area (Å²) in [6.45, 7) is 1.99. The molecule has 0 aliphatic rings. The zero-order valence-electron chi connectivity index (χ0n) is 15.0. The first-order valence-electron chi connectivity index (χ1n) is 8.49. The highest BCUT2D eigenvalue weighted by Gasteiger charge is 2.13. The molecule has 2 N–H and O–H groups in total. The maximum absolute atomic E-state index is 12.9. The third-order valence-electron chi connectivity index (χ3n) is 3.69. The molecule has 1 heterocycles. The van der Waals surface area contributed by atoms with E-state index in [4.69, 9.17) is 4.74 Å². The van der Waals surface area contributed by atoms with Crippen molar-refractivity contribution in [1.29, 1.82) is 0 Å². The number of esters is 1. The minimum atomic E-state index is -0.458. The van der Waals surface area contributed by atoms with Crippen molar-refractivity contribution in [3.8, 4) is 0 Å². The van der Waals surface area contributed by atoms with Gasteiger partial charge >= 0.3 is 5.97 Å². The van der Waals surface area contributed by atoms with Crippen LogP contribution in [-0.2, 0) is 4.74 Å². The topological polar surface area (TPSA) is 93.2 Å². The van der Waals surface area contributed by atoms with Gasteiger partial charge < -0.3 is 15.4 Å². The Hall–Kier alpha value is -3.81. The number of anilines is 3. The largest absolute Gasteiger partial charge is 0.462 e. The van der Waals surface area contributed by atoms with Crippen LogP contribution in [0.3, 0.4) is 0 Å². The number of amides is 1. The zero-order valence-corrected chi connectivity index (χ0v) is 15.0. The maximum Gasteiger partial charge on any atom is 0.340 e. The summed E-state index contributed by atoms with van der Waals surface area (Å²) in [7, 11) is 0. The van der Waals surface area contributed by atoms with Crippen molar-refractivity contribution in [3.63, 3.8) is 0 Å². The second-order valence-corrected chi connectivity index (χ2v) is 5.65. The van der Waals surface area contributed by atoms with Crippen LogP contribution in [0.25, 0.3) is 0 Å². The Bertz CT molecular complexity index is 976. The van der Waals surface area contributed by atoms with Crippen LogP contribution in [0.4, 0.5) is 21.7 Å². The summed E-state index contributed by atoms with van der Waals surface area (Å²) in [6.07, 6.45) is 2.70. The number of nitrogens with one attached hydrogen (secondary N) is 2. The molecule has 0 saturated carbocycles. The molecule has 0 aliphatic heterocycles. The van der Waals surface area contributed by atoms with Gasteiger partial charge in [0.1, 0.15) is 5.82 Å². The fourth-order valence-corrected chi connectivity index (χ4v) is 2.35. The number of hydrogen-bond donors (Lipinski definition) is 2. The highest BCUT2D eigenvalue weighted by molar-refractivity contribution is 6.04. The minimum absolute atomic E-state index is 0.218. The highest BCUT2D eigenvalue weighted by Crippen LogP contribution is 2.19. The molecule has 0 unspecified atom stereocenters. The number of carbonyl (C=O) groups is 2. The summed E-state index contributed by atoms with van der Waals surface area (Å²) in [4.78, 5) is 32.4. The molecular weight excluding hydrogens is 363 g/mol. The Morgan fingerprint density at radius 3 is 2.39 bits per heavy atom. The van der Waals surface area contributed by atoms with Gasteiger partial charge in [0.2, 0.25) is 5.95 Å². The molecule has 142 valence electrons. The zero-order chi connectivity index (χ0) is 19.9. The standard InChI is InChI=1S/C20H17FN4O3/c1-2-28-19(27)16-5-3-4-6-17(16)25-20-22-11-13(12-23-20)18(26)24-15-9-7-14(21)8-10-15/h3-12H,2H2,1H3,(H,24,26)(H,22,23,25). The van der Waals surface area contributed by atoms with E-state index in [1.165, 1.54) is 36.7 Å². The van der Waals surface area contributed by atoms with Crippen LogP contribution in [0.15, 0.2) is 60.9 Å². The lowest BCUT2D eigenvalue weighted by Gasteiger charge is -2.10. The van der Waals surface area contributed by atoms with Crippen LogP contribution in [0.1, 0.15) is 27.6 Å². The molecule has 0 spiro atoms. The molecule has 8 heteroatoms. The van der Waals surface area contributed by atoms with Crippen LogP contribution in [0.5, 0.6) is 0 Å². The normalized spacial score (nSPS) is 10.2. The highest BCUT2D eigenvalue weighted by atomic mass is 19.1. The average molecular weight is 380 g/mol. The second kappa shape index (κ2) is 8.72. The predicted molar refractivity (Wildman–Crippen MR) is 102 cm³/mol. The first-order valence-corrected chi connectivity index (χ1v) is 8.49. The van der Waals surface area contributed by atoms with Crippen molar-refractivity contribution in [1.82, 2.24) is 9.97 Å².